The smallest absolute Gasteiger partial charge is 0.416 e. The van der Waals surface area contributed by atoms with Crippen molar-refractivity contribution >= 4 is 45.7 Å². The van der Waals surface area contributed by atoms with E-state index >= 15 is 0 Å². The summed E-state index contributed by atoms with van der Waals surface area (Å²) in [4.78, 5) is 28.5. The summed E-state index contributed by atoms with van der Waals surface area (Å²) in [5.41, 5.74) is 1.07. The number of aliphatic imine (C=N–C) groups is 1. The molecule has 1 aliphatic rings. The molecule has 0 aliphatic carbocycles. The summed E-state index contributed by atoms with van der Waals surface area (Å²) < 4.78 is 43.2. The molecule has 162 valence electrons. The topological polar surface area (TPSA) is 79.8 Å². The number of para-hydroxylation sites is 2. The number of halogens is 3. The van der Waals surface area contributed by atoms with E-state index in [9.17, 15) is 22.8 Å². The summed E-state index contributed by atoms with van der Waals surface area (Å²) >= 11 is 1.10. The Balaban J connectivity index is 1.71. The first kappa shape index (κ1) is 22.4. The van der Waals surface area contributed by atoms with Gasteiger partial charge in [-0.2, -0.15) is 13.2 Å². The number of hydrogen-bond donors (Lipinski definition) is 2. The van der Waals surface area contributed by atoms with Crippen LogP contribution in [-0.2, 0) is 20.5 Å². The van der Waals surface area contributed by atoms with Gasteiger partial charge < -0.3 is 15.4 Å². The summed E-state index contributed by atoms with van der Waals surface area (Å²) in [6.45, 7) is 0. The number of methoxy groups -OCH3 is 1. The molecule has 3 rings (SSSR count). The number of carbonyl (C=O) groups is 2. The van der Waals surface area contributed by atoms with Crippen LogP contribution >= 0.6 is 11.8 Å². The lowest BCUT2D eigenvalue weighted by Crippen LogP contribution is -2.16. The van der Waals surface area contributed by atoms with E-state index in [0.717, 1.165) is 23.9 Å². The molecule has 0 saturated heterocycles. The van der Waals surface area contributed by atoms with Gasteiger partial charge in [0.1, 0.15) is 0 Å². The van der Waals surface area contributed by atoms with Crippen molar-refractivity contribution in [3.8, 4) is 0 Å². The first-order valence-electron chi connectivity index (χ1n) is 9.06. The number of rotatable bonds is 5. The largest absolute Gasteiger partial charge is 0.469 e. The fourth-order valence-corrected chi connectivity index (χ4v) is 3.43. The van der Waals surface area contributed by atoms with Crippen molar-refractivity contribution in [1.82, 2.24) is 0 Å². The van der Waals surface area contributed by atoms with Crippen LogP contribution in [-0.4, -0.2) is 29.8 Å². The van der Waals surface area contributed by atoms with Crippen molar-refractivity contribution in [1.29, 1.82) is 0 Å². The summed E-state index contributed by atoms with van der Waals surface area (Å²) in [7, 11) is 1.29. The van der Waals surface area contributed by atoms with Gasteiger partial charge in [0.2, 0.25) is 5.91 Å². The lowest BCUT2D eigenvalue weighted by atomic mass is 10.2. The van der Waals surface area contributed by atoms with Crippen molar-refractivity contribution in [2.45, 2.75) is 12.6 Å². The number of nitrogens with zero attached hydrogens (tertiary/aromatic N) is 1. The van der Waals surface area contributed by atoms with Crippen molar-refractivity contribution in [2.75, 3.05) is 23.5 Å². The second kappa shape index (κ2) is 9.69. The number of ether oxygens (including phenoxy) is 1. The Hall–Kier alpha value is -3.27. The highest BCUT2D eigenvalue weighted by Gasteiger charge is 2.30. The van der Waals surface area contributed by atoms with Crippen LogP contribution < -0.4 is 10.6 Å². The molecule has 0 radical (unpaired) electrons. The summed E-state index contributed by atoms with van der Waals surface area (Å²) in [6.07, 6.45) is -2.87. The van der Waals surface area contributed by atoms with Gasteiger partial charge in [-0.05, 0) is 36.4 Å². The molecule has 0 saturated carbocycles. The molecule has 10 heteroatoms. The molecule has 2 aromatic carbocycles. The molecule has 6 nitrogen and oxygen atoms in total. The number of hydrogen-bond acceptors (Lipinski definition) is 6. The fraction of sp³-hybridized carbons (Fsp3) is 0.190. The molecule has 0 aromatic heterocycles. The van der Waals surface area contributed by atoms with E-state index in [-0.39, 0.29) is 17.9 Å². The minimum absolute atomic E-state index is 0.0131. The van der Waals surface area contributed by atoms with Gasteiger partial charge in [-0.3, -0.25) is 9.59 Å². The summed E-state index contributed by atoms with van der Waals surface area (Å²) in [5, 5.41) is 6.05. The maximum Gasteiger partial charge on any atom is 0.416 e. The van der Waals surface area contributed by atoms with Crippen LogP contribution in [0.5, 0.6) is 0 Å². The molecular formula is C21H18F3N3O3S. The first-order valence-corrected chi connectivity index (χ1v) is 10.0. The standard InChI is InChI=1S/C21H18F3N3O3S/c1-30-20(29)11-15-10-19(27-17-8-3-2-7-16(17)25-15)31-12-18(28)26-14-6-4-5-13(9-14)21(22,23)24/h2-10,25H,11-12H2,1H3,(H,26,28). The van der Waals surface area contributed by atoms with Gasteiger partial charge in [-0.1, -0.05) is 30.0 Å². The van der Waals surface area contributed by atoms with Crippen LogP contribution in [0.25, 0.3) is 0 Å². The highest BCUT2D eigenvalue weighted by molar-refractivity contribution is 8.14. The highest BCUT2D eigenvalue weighted by Crippen LogP contribution is 2.32. The van der Waals surface area contributed by atoms with Gasteiger partial charge in [0, 0.05) is 11.4 Å². The monoisotopic (exact) mass is 449 g/mol. The summed E-state index contributed by atoms with van der Waals surface area (Å²) in [5.74, 6) is -1.01. The van der Waals surface area contributed by atoms with E-state index in [1.807, 2.05) is 6.07 Å². The number of esters is 1. The van der Waals surface area contributed by atoms with Crippen LogP contribution in [0.15, 0.2) is 65.3 Å². The number of nitrogens with one attached hydrogen (secondary N) is 2. The van der Waals surface area contributed by atoms with Crippen LogP contribution in [0.4, 0.5) is 30.2 Å². The third kappa shape index (κ3) is 6.35. The van der Waals surface area contributed by atoms with E-state index in [2.05, 4.69) is 15.6 Å². The highest BCUT2D eigenvalue weighted by atomic mass is 32.2. The van der Waals surface area contributed by atoms with Gasteiger partial charge in [0.15, 0.2) is 0 Å². The predicted molar refractivity (Wildman–Crippen MR) is 114 cm³/mol. The Morgan fingerprint density at radius 1 is 1.16 bits per heavy atom. The quantitative estimate of drug-likeness (QED) is 0.630. The summed E-state index contributed by atoms with van der Waals surface area (Å²) in [6, 6.07) is 11.6. The van der Waals surface area contributed by atoms with Crippen molar-refractivity contribution in [3.63, 3.8) is 0 Å². The lowest BCUT2D eigenvalue weighted by Gasteiger charge is -2.10. The maximum atomic E-state index is 12.8. The van der Waals surface area contributed by atoms with E-state index in [1.165, 1.54) is 19.2 Å². The Kier molecular flexibility index (Phi) is 7.01. The number of anilines is 2. The SMILES string of the molecule is COC(=O)CC1=CC(SCC(=O)Nc2cccc(C(F)(F)F)c2)=Nc2ccccc2N1. The zero-order valence-corrected chi connectivity index (χ0v) is 17.1. The fourth-order valence-electron chi connectivity index (χ4n) is 2.69. The number of amides is 1. The zero-order chi connectivity index (χ0) is 22.4. The number of thioether (sulfide) groups is 1. The van der Waals surface area contributed by atoms with Crippen molar-refractivity contribution in [2.24, 2.45) is 4.99 Å². The average molecular weight is 449 g/mol. The Bertz CT molecular complexity index is 1050. The maximum absolute atomic E-state index is 12.8. The molecule has 0 atom stereocenters. The molecule has 0 unspecified atom stereocenters. The molecule has 1 heterocycles. The lowest BCUT2D eigenvalue weighted by molar-refractivity contribution is -0.140. The van der Waals surface area contributed by atoms with Gasteiger partial charge >= 0.3 is 12.1 Å². The van der Waals surface area contributed by atoms with E-state index in [1.54, 1.807) is 24.3 Å². The van der Waals surface area contributed by atoms with Gasteiger partial charge in [0.25, 0.3) is 0 Å². The van der Waals surface area contributed by atoms with E-state index < -0.39 is 23.6 Å². The van der Waals surface area contributed by atoms with Crippen LogP contribution in [0, 0.1) is 0 Å². The molecule has 31 heavy (non-hydrogen) atoms. The van der Waals surface area contributed by atoms with Gasteiger partial charge in [0.05, 0.1) is 41.3 Å². The van der Waals surface area contributed by atoms with Crippen LogP contribution in [0.2, 0.25) is 0 Å². The molecule has 1 aliphatic heterocycles. The molecule has 0 bridgehead atoms. The number of carbonyl (C=O) groups excluding carboxylic acids is 2. The molecular weight excluding hydrogens is 431 g/mol. The zero-order valence-electron chi connectivity index (χ0n) is 16.3. The van der Waals surface area contributed by atoms with Crippen LogP contribution in [0.1, 0.15) is 12.0 Å². The molecule has 1 amide bonds. The second-order valence-corrected chi connectivity index (χ2v) is 7.43. The van der Waals surface area contributed by atoms with Crippen molar-refractivity contribution in [3.05, 3.63) is 65.9 Å². The normalized spacial score (nSPS) is 13.2. The minimum Gasteiger partial charge on any atom is -0.469 e. The van der Waals surface area contributed by atoms with Crippen LogP contribution in [0.3, 0.4) is 0 Å². The third-order valence-corrected chi connectivity index (χ3v) is 5.03. The van der Waals surface area contributed by atoms with E-state index in [4.69, 9.17) is 4.74 Å². The minimum atomic E-state index is -4.49. The average Bonchev–Trinajstić information content (AvgIpc) is 2.90. The van der Waals surface area contributed by atoms with Crippen molar-refractivity contribution < 1.29 is 27.5 Å². The van der Waals surface area contributed by atoms with E-state index in [0.29, 0.717) is 22.1 Å². The number of fused-ring (bicyclic) bond motifs is 1. The molecule has 0 fully saturated rings. The van der Waals surface area contributed by atoms with Gasteiger partial charge in [-0.25, -0.2) is 4.99 Å². The van der Waals surface area contributed by atoms with Gasteiger partial charge in [-0.15, -0.1) is 0 Å². The first-order chi connectivity index (χ1) is 14.7. The Morgan fingerprint density at radius 2 is 1.94 bits per heavy atom. The molecule has 2 aromatic rings. The second-order valence-electron chi connectivity index (χ2n) is 6.43. The third-order valence-electron chi connectivity index (χ3n) is 4.11. The predicted octanol–water partition coefficient (Wildman–Crippen LogP) is 4.98. The molecule has 0 spiro atoms. The number of alkyl halides is 3. The Morgan fingerprint density at radius 3 is 2.68 bits per heavy atom. The molecule has 2 N–H and O–H groups in total. The number of benzene rings is 2. The Labute approximate surface area is 180 Å².